The molecule has 19 heavy (non-hydrogen) atoms. The summed E-state index contributed by atoms with van der Waals surface area (Å²) in [5.41, 5.74) is 6.76. The van der Waals surface area contributed by atoms with Crippen molar-refractivity contribution in [1.82, 2.24) is 4.90 Å². The van der Waals surface area contributed by atoms with Crippen molar-refractivity contribution in [1.29, 1.82) is 0 Å². The van der Waals surface area contributed by atoms with Gasteiger partial charge in [-0.15, -0.1) is 0 Å². The lowest BCUT2D eigenvalue weighted by Crippen LogP contribution is -2.53. The number of nitrogens with zero attached hydrogens (tertiary/aromatic N) is 2. The third kappa shape index (κ3) is 3.23. The van der Waals surface area contributed by atoms with Crippen LogP contribution in [0.5, 0.6) is 0 Å². The van der Waals surface area contributed by atoms with Crippen molar-refractivity contribution < 1.29 is 9.18 Å². The summed E-state index contributed by atoms with van der Waals surface area (Å²) >= 11 is 0. The summed E-state index contributed by atoms with van der Waals surface area (Å²) in [6.07, 6.45) is 0.664. The Morgan fingerprint density at radius 3 is 2.37 bits per heavy atom. The number of amides is 1. The van der Waals surface area contributed by atoms with Gasteiger partial charge >= 0.3 is 0 Å². The summed E-state index contributed by atoms with van der Waals surface area (Å²) in [5.74, 6) is -0.201. The summed E-state index contributed by atoms with van der Waals surface area (Å²) in [6, 6.07) is 6.06. The van der Waals surface area contributed by atoms with Gasteiger partial charge in [0.15, 0.2) is 0 Å². The smallest absolute Gasteiger partial charge is 0.239 e. The minimum atomic E-state index is -0.391. The van der Waals surface area contributed by atoms with Gasteiger partial charge in [-0.2, -0.15) is 0 Å². The highest BCUT2D eigenvalue weighted by Gasteiger charge is 2.24. The first-order valence-corrected chi connectivity index (χ1v) is 6.66. The number of piperazine rings is 1. The van der Waals surface area contributed by atoms with Crippen LogP contribution in [-0.4, -0.2) is 43.0 Å². The van der Waals surface area contributed by atoms with Crippen molar-refractivity contribution in [2.45, 2.75) is 19.4 Å². The Labute approximate surface area is 113 Å². The van der Waals surface area contributed by atoms with Crippen LogP contribution in [0, 0.1) is 5.82 Å². The van der Waals surface area contributed by atoms with E-state index in [4.69, 9.17) is 5.73 Å². The maximum absolute atomic E-state index is 12.9. The summed E-state index contributed by atoms with van der Waals surface area (Å²) in [5, 5.41) is 0. The van der Waals surface area contributed by atoms with Crippen LogP contribution < -0.4 is 10.6 Å². The molecule has 1 saturated heterocycles. The number of carbonyl (C=O) groups excluding carboxylic acids is 1. The molecule has 0 aromatic heterocycles. The van der Waals surface area contributed by atoms with Crippen LogP contribution in [0.25, 0.3) is 0 Å². The molecule has 1 fully saturated rings. The minimum absolute atomic E-state index is 0.0289. The quantitative estimate of drug-likeness (QED) is 0.893. The zero-order valence-electron chi connectivity index (χ0n) is 11.2. The average molecular weight is 265 g/mol. The Hall–Kier alpha value is -1.62. The van der Waals surface area contributed by atoms with E-state index in [9.17, 15) is 9.18 Å². The molecule has 2 rings (SSSR count). The Bertz CT molecular complexity index is 427. The molecule has 0 spiro atoms. The van der Waals surface area contributed by atoms with Crippen molar-refractivity contribution in [3.63, 3.8) is 0 Å². The lowest BCUT2D eigenvalue weighted by atomic mass is 10.2. The third-order valence-electron chi connectivity index (χ3n) is 3.54. The first-order chi connectivity index (χ1) is 9.11. The molecule has 1 aromatic rings. The number of benzene rings is 1. The molecule has 0 saturated carbocycles. The van der Waals surface area contributed by atoms with Crippen LogP contribution in [0.1, 0.15) is 13.3 Å². The first-order valence-electron chi connectivity index (χ1n) is 6.66. The van der Waals surface area contributed by atoms with Gasteiger partial charge in [0.2, 0.25) is 5.91 Å². The Morgan fingerprint density at radius 2 is 1.84 bits per heavy atom. The van der Waals surface area contributed by atoms with Gasteiger partial charge in [0.05, 0.1) is 6.04 Å². The van der Waals surface area contributed by atoms with E-state index in [-0.39, 0.29) is 11.7 Å². The average Bonchev–Trinajstić information content (AvgIpc) is 2.46. The van der Waals surface area contributed by atoms with E-state index in [1.807, 2.05) is 11.8 Å². The summed E-state index contributed by atoms with van der Waals surface area (Å²) in [4.78, 5) is 15.9. The van der Waals surface area contributed by atoms with Crippen LogP contribution in [0.15, 0.2) is 24.3 Å². The van der Waals surface area contributed by atoms with E-state index in [2.05, 4.69) is 4.90 Å². The fraction of sp³-hybridized carbons (Fsp3) is 0.500. The molecule has 2 N–H and O–H groups in total. The normalized spacial score (nSPS) is 17.4. The molecule has 1 unspecified atom stereocenters. The van der Waals surface area contributed by atoms with Crippen LogP contribution in [-0.2, 0) is 4.79 Å². The van der Waals surface area contributed by atoms with Crippen LogP contribution >= 0.6 is 0 Å². The number of anilines is 1. The van der Waals surface area contributed by atoms with Crippen molar-refractivity contribution in [3.05, 3.63) is 30.1 Å². The monoisotopic (exact) mass is 265 g/mol. The maximum Gasteiger partial charge on any atom is 0.239 e. The van der Waals surface area contributed by atoms with Gasteiger partial charge in [0, 0.05) is 31.9 Å². The molecular formula is C14H20FN3O. The standard InChI is InChI=1S/C14H20FN3O/c1-2-13(16)14(19)18-9-7-17(8-10-18)12-5-3-11(15)4-6-12/h3-6,13H,2,7-10,16H2,1H3. The maximum atomic E-state index is 12.9. The van der Waals surface area contributed by atoms with E-state index in [0.717, 1.165) is 18.8 Å². The zero-order valence-corrected chi connectivity index (χ0v) is 11.2. The Morgan fingerprint density at radius 1 is 1.26 bits per heavy atom. The van der Waals surface area contributed by atoms with Gasteiger partial charge in [-0.3, -0.25) is 4.79 Å². The molecule has 1 heterocycles. The molecular weight excluding hydrogens is 245 g/mol. The molecule has 1 aliphatic rings. The molecule has 0 aliphatic carbocycles. The number of carbonyl (C=O) groups is 1. The number of nitrogens with two attached hydrogens (primary N) is 1. The van der Waals surface area contributed by atoms with E-state index < -0.39 is 6.04 Å². The topological polar surface area (TPSA) is 49.6 Å². The minimum Gasteiger partial charge on any atom is -0.368 e. The first kappa shape index (κ1) is 13.8. The van der Waals surface area contributed by atoms with Gasteiger partial charge in [0.1, 0.15) is 5.82 Å². The van der Waals surface area contributed by atoms with Gasteiger partial charge in [-0.1, -0.05) is 6.92 Å². The van der Waals surface area contributed by atoms with E-state index in [1.165, 1.54) is 12.1 Å². The van der Waals surface area contributed by atoms with Gasteiger partial charge in [0.25, 0.3) is 0 Å². The molecule has 5 heteroatoms. The number of hydrogen-bond donors (Lipinski definition) is 1. The SMILES string of the molecule is CCC(N)C(=O)N1CCN(c2ccc(F)cc2)CC1. The summed E-state index contributed by atoms with van der Waals surface area (Å²) in [7, 11) is 0. The van der Waals surface area contributed by atoms with Crippen LogP contribution in [0.3, 0.4) is 0 Å². The fourth-order valence-corrected chi connectivity index (χ4v) is 2.25. The number of halogens is 1. The van der Waals surface area contributed by atoms with Crippen molar-refractivity contribution >= 4 is 11.6 Å². The molecule has 0 radical (unpaired) electrons. The van der Waals surface area contributed by atoms with E-state index in [1.54, 1.807) is 12.1 Å². The van der Waals surface area contributed by atoms with E-state index >= 15 is 0 Å². The van der Waals surface area contributed by atoms with Gasteiger partial charge in [-0.05, 0) is 30.7 Å². The highest BCUT2D eigenvalue weighted by atomic mass is 19.1. The molecule has 1 aromatic carbocycles. The summed E-state index contributed by atoms with van der Waals surface area (Å²) in [6.45, 7) is 4.77. The highest BCUT2D eigenvalue weighted by Crippen LogP contribution is 2.17. The third-order valence-corrected chi connectivity index (χ3v) is 3.54. The van der Waals surface area contributed by atoms with Crippen LogP contribution in [0.2, 0.25) is 0 Å². The molecule has 0 bridgehead atoms. The van der Waals surface area contributed by atoms with Crippen LogP contribution in [0.4, 0.5) is 10.1 Å². The lowest BCUT2D eigenvalue weighted by molar-refractivity contribution is -0.132. The lowest BCUT2D eigenvalue weighted by Gasteiger charge is -2.37. The molecule has 4 nitrogen and oxygen atoms in total. The predicted octanol–water partition coefficient (Wildman–Crippen LogP) is 1.21. The second-order valence-corrected chi connectivity index (χ2v) is 4.80. The molecule has 1 atom stereocenters. The highest BCUT2D eigenvalue weighted by molar-refractivity contribution is 5.81. The van der Waals surface area contributed by atoms with Crippen molar-refractivity contribution in [2.75, 3.05) is 31.1 Å². The summed E-state index contributed by atoms with van der Waals surface area (Å²) < 4.78 is 12.9. The second kappa shape index (κ2) is 6.02. The molecule has 104 valence electrons. The molecule has 1 aliphatic heterocycles. The van der Waals surface area contributed by atoms with Gasteiger partial charge in [-0.25, -0.2) is 4.39 Å². The largest absolute Gasteiger partial charge is 0.368 e. The van der Waals surface area contributed by atoms with Crippen molar-refractivity contribution in [2.24, 2.45) is 5.73 Å². The molecule has 1 amide bonds. The van der Waals surface area contributed by atoms with Crippen molar-refractivity contribution in [3.8, 4) is 0 Å². The second-order valence-electron chi connectivity index (χ2n) is 4.80. The zero-order chi connectivity index (χ0) is 13.8. The number of rotatable bonds is 3. The fourth-order valence-electron chi connectivity index (χ4n) is 2.25. The Balaban J connectivity index is 1.92. The Kier molecular flexibility index (Phi) is 4.37. The predicted molar refractivity (Wildman–Crippen MR) is 73.5 cm³/mol. The van der Waals surface area contributed by atoms with E-state index in [0.29, 0.717) is 19.5 Å². The number of hydrogen-bond acceptors (Lipinski definition) is 3. The van der Waals surface area contributed by atoms with Gasteiger partial charge < -0.3 is 15.5 Å².